The predicted molar refractivity (Wildman–Crippen MR) is 129 cm³/mol. The molecule has 5 rings (SSSR count). The van der Waals surface area contributed by atoms with Crippen molar-refractivity contribution in [2.45, 2.75) is 32.9 Å². The van der Waals surface area contributed by atoms with Gasteiger partial charge in [0, 0.05) is 17.8 Å². The largest absolute Gasteiger partial charge is 0.491 e. The number of benzene rings is 3. The van der Waals surface area contributed by atoms with Crippen molar-refractivity contribution in [3.63, 3.8) is 0 Å². The molecule has 0 N–H and O–H groups in total. The number of para-hydroxylation sites is 1. The van der Waals surface area contributed by atoms with E-state index in [0.717, 1.165) is 22.6 Å². The van der Waals surface area contributed by atoms with Crippen LogP contribution >= 0.6 is 0 Å². The fourth-order valence-corrected chi connectivity index (χ4v) is 4.56. The second-order valence-corrected chi connectivity index (χ2v) is 8.73. The Morgan fingerprint density at radius 1 is 0.912 bits per heavy atom. The van der Waals surface area contributed by atoms with Crippen molar-refractivity contribution in [2.24, 2.45) is 0 Å². The maximum absolute atomic E-state index is 14.4. The predicted octanol–water partition coefficient (Wildman–Crippen LogP) is 4.96. The normalized spacial score (nSPS) is 15.5. The summed E-state index contributed by atoms with van der Waals surface area (Å²) >= 11 is 0. The van der Waals surface area contributed by atoms with E-state index in [1.165, 1.54) is 6.07 Å². The molecule has 34 heavy (non-hydrogen) atoms. The number of rotatable bonds is 6. The van der Waals surface area contributed by atoms with Gasteiger partial charge in [0.2, 0.25) is 0 Å². The highest BCUT2D eigenvalue weighted by Crippen LogP contribution is 2.39. The number of amides is 2. The Morgan fingerprint density at radius 2 is 1.62 bits per heavy atom. The maximum atomic E-state index is 14.4. The van der Waals surface area contributed by atoms with Gasteiger partial charge < -0.3 is 9.64 Å². The Labute approximate surface area is 198 Å². The number of carbonyl (C=O) groups excluding carboxylic acids is 2. The molecule has 2 amide bonds. The number of anilines is 1. The van der Waals surface area contributed by atoms with Crippen molar-refractivity contribution in [1.82, 2.24) is 4.90 Å². The first-order valence-corrected chi connectivity index (χ1v) is 11.4. The molecule has 0 fully saturated rings. The van der Waals surface area contributed by atoms with Gasteiger partial charge in [0.25, 0.3) is 11.8 Å². The summed E-state index contributed by atoms with van der Waals surface area (Å²) in [5.74, 6) is -0.597. The average Bonchev–Trinajstić information content (AvgIpc) is 3.35. The molecule has 5 nitrogen and oxygen atoms in total. The molecular formula is C28H25FN2O3. The summed E-state index contributed by atoms with van der Waals surface area (Å²) in [4.78, 5) is 30.4. The first-order chi connectivity index (χ1) is 16.4. The van der Waals surface area contributed by atoms with Gasteiger partial charge in [-0.15, -0.1) is 0 Å². The van der Waals surface area contributed by atoms with Crippen LogP contribution in [0.2, 0.25) is 0 Å². The lowest BCUT2D eigenvalue weighted by Gasteiger charge is -2.22. The molecule has 2 heterocycles. The van der Waals surface area contributed by atoms with Gasteiger partial charge in [-0.3, -0.25) is 14.5 Å². The van der Waals surface area contributed by atoms with Gasteiger partial charge in [-0.05, 0) is 55.7 Å². The molecule has 3 aromatic rings. The SMILES string of the molecule is CC(C)Oc1ccc(C2=C(N3CCc4ccccc43)C(=O)N(Cc3ccccc3F)C2=O)cc1. The van der Waals surface area contributed by atoms with E-state index in [9.17, 15) is 14.0 Å². The van der Waals surface area contributed by atoms with Crippen LogP contribution in [-0.2, 0) is 22.6 Å². The molecule has 2 aliphatic heterocycles. The fraction of sp³-hybridized carbons (Fsp3) is 0.214. The highest BCUT2D eigenvalue weighted by molar-refractivity contribution is 6.36. The average molecular weight is 457 g/mol. The highest BCUT2D eigenvalue weighted by atomic mass is 19.1. The zero-order valence-electron chi connectivity index (χ0n) is 19.1. The van der Waals surface area contributed by atoms with Crippen LogP contribution in [0.3, 0.4) is 0 Å². The third-order valence-electron chi connectivity index (χ3n) is 6.10. The number of halogens is 1. The number of nitrogens with zero attached hydrogens (tertiary/aromatic N) is 2. The topological polar surface area (TPSA) is 49.9 Å². The monoisotopic (exact) mass is 456 g/mol. The molecular weight excluding hydrogens is 431 g/mol. The van der Waals surface area contributed by atoms with Crippen LogP contribution in [0.4, 0.5) is 10.1 Å². The smallest absolute Gasteiger partial charge is 0.278 e. The van der Waals surface area contributed by atoms with E-state index in [0.29, 0.717) is 34.7 Å². The highest BCUT2D eigenvalue weighted by Gasteiger charge is 2.43. The summed E-state index contributed by atoms with van der Waals surface area (Å²) < 4.78 is 20.1. The van der Waals surface area contributed by atoms with E-state index < -0.39 is 17.6 Å². The number of ether oxygens (including phenoxy) is 1. The van der Waals surface area contributed by atoms with Crippen molar-refractivity contribution in [2.75, 3.05) is 11.4 Å². The molecule has 2 aliphatic rings. The maximum Gasteiger partial charge on any atom is 0.278 e. The van der Waals surface area contributed by atoms with Crippen LogP contribution in [0.25, 0.3) is 5.57 Å². The molecule has 0 radical (unpaired) electrons. The lowest BCUT2D eigenvalue weighted by Crippen LogP contribution is -2.34. The van der Waals surface area contributed by atoms with Crippen LogP contribution in [0, 0.1) is 5.82 Å². The second kappa shape index (κ2) is 8.78. The molecule has 0 aliphatic carbocycles. The molecule has 0 spiro atoms. The third-order valence-corrected chi connectivity index (χ3v) is 6.10. The summed E-state index contributed by atoms with van der Waals surface area (Å²) in [5, 5.41) is 0. The van der Waals surface area contributed by atoms with E-state index in [1.54, 1.807) is 42.5 Å². The molecule has 0 saturated heterocycles. The van der Waals surface area contributed by atoms with E-state index >= 15 is 0 Å². The molecule has 6 heteroatoms. The second-order valence-electron chi connectivity index (χ2n) is 8.73. The quantitative estimate of drug-likeness (QED) is 0.492. The Balaban J connectivity index is 1.58. The molecule has 0 saturated carbocycles. The van der Waals surface area contributed by atoms with Gasteiger partial charge in [-0.2, -0.15) is 0 Å². The van der Waals surface area contributed by atoms with Gasteiger partial charge in [0.05, 0.1) is 18.2 Å². The van der Waals surface area contributed by atoms with E-state index in [2.05, 4.69) is 0 Å². The number of hydrogen-bond donors (Lipinski definition) is 0. The van der Waals surface area contributed by atoms with Gasteiger partial charge in [0.15, 0.2) is 0 Å². The zero-order valence-corrected chi connectivity index (χ0v) is 19.1. The first-order valence-electron chi connectivity index (χ1n) is 11.4. The summed E-state index contributed by atoms with van der Waals surface area (Å²) in [6.07, 6.45) is 0.802. The van der Waals surface area contributed by atoms with Crippen molar-refractivity contribution in [1.29, 1.82) is 0 Å². The lowest BCUT2D eigenvalue weighted by atomic mass is 10.0. The van der Waals surface area contributed by atoms with Gasteiger partial charge in [-0.25, -0.2) is 4.39 Å². The van der Waals surface area contributed by atoms with Crippen LogP contribution < -0.4 is 9.64 Å². The van der Waals surface area contributed by atoms with Crippen molar-refractivity contribution >= 4 is 23.1 Å². The Hall–Kier alpha value is -3.93. The molecule has 0 aromatic heterocycles. The Kier molecular flexibility index (Phi) is 5.65. The molecule has 0 atom stereocenters. The van der Waals surface area contributed by atoms with Crippen molar-refractivity contribution in [3.8, 4) is 5.75 Å². The van der Waals surface area contributed by atoms with Gasteiger partial charge in [0.1, 0.15) is 17.3 Å². The minimum atomic E-state index is -0.445. The molecule has 3 aromatic carbocycles. The first kappa shape index (κ1) is 21.9. The van der Waals surface area contributed by atoms with Crippen LogP contribution in [0.15, 0.2) is 78.5 Å². The van der Waals surface area contributed by atoms with Crippen LogP contribution in [-0.4, -0.2) is 29.4 Å². The molecule has 0 bridgehead atoms. The standard InChI is InChI=1S/C28H25FN2O3/c1-18(2)34-22-13-11-20(12-14-22)25-26(30-16-15-19-7-4-6-10-24(19)30)28(33)31(27(25)32)17-21-8-3-5-9-23(21)29/h3-14,18H,15-17H2,1-2H3. The van der Waals surface area contributed by atoms with Crippen molar-refractivity contribution < 1.29 is 18.7 Å². The van der Waals surface area contributed by atoms with Crippen LogP contribution in [0.5, 0.6) is 5.75 Å². The van der Waals surface area contributed by atoms with Crippen LogP contribution in [0.1, 0.15) is 30.5 Å². The minimum Gasteiger partial charge on any atom is -0.491 e. The Bertz CT molecular complexity index is 1300. The van der Waals surface area contributed by atoms with Crippen molar-refractivity contribution in [3.05, 3.63) is 101 Å². The summed E-state index contributed by atoms with van der Waals surface area (Å²) in [7, 11) is 0. The van der Waals surface area contributed by atoms with E-state index in [1.807, 2.05) is 43.0 Å². The number of carbonyl (C=O) groups is 2. The van der Waals surface area contributed by atoms with Gasteiger partial charge in [-0.1, -0.05) is 48.5 Å². The van der Waals surface area contributed by atoms with E-state index in [4.69, 9.17) is 4.74 Å². The number of fused-ring (bicyclic) bond motifs is 1. The fourth-order valence-electron chi connectivity index (χ4n) is 4.56. The molecule has 0 unspecified atom stereocenters. The molecule has 172 valence electrons. The summed E-state index contributed by atoms with van der Waals surface area (Å²) in [6, 6.07) is 21.3. The van der Waals surface area contributed by atoms with Gasteiger partial charge >= 0.3 is 0 Å². The summed E-state index contributed by atoms with van der Waals surface area (Å²) in [5.41, 5.74) is 3.64. The van der Waals surface area contributed by atoms with E-state index in [-0.39, 0.29) is 12.6 Å². The number of imide groups is 1. The third kappa shape index (κ3) is 3.85. The summed E-state index contributed by atoms with van der Waals surface area (Å²) in [6.45, 7) is 4.36. The minimum absolute atomic E-state index is 0.0210. The number of hydrogen-bond acceptors (Lipinski definition) is 4. The zero-order chi connectivity index (χ0) is 23.8. The Morgan fingerprint density at radius 3 is 2.35 bits per heavy atom. The lowest BCUT2D eigenvalue weighted by molar-refractivity contribution is -0.137.